The fraction of sp³-hybridized carbons (Fsp3) is 0.353. The predicted molar refractivity (Wildman–Crippen MR) is 89.2 cm³/mol. The van der Waals surface area contributed by atoms with Crippen LogP contribution in [0.3, 0.4) is 0 Å². The van der Waals surface area contributed by atoms with Gasteiger partial charge in [-0.2, -0.15) is 0 Å². The Kier molecular flexibility index (Phi) is 3.90. The Morgan fingerprint density at radius 3 is 2.61 bits per heavy atom. The van der Waals surface area contributed by atoms with Crippen LogP contribution in [0.15, 0.2) is 18.2 Å². The third-order valence-electron chi connectivity index (χ3n) is 3.50. The number of nitrogens with zero attached hydrogens (tertiary/aromatic N) is 2. The number of anilines is 1. The number of benzene rings is 1. The van der Waals surface area contributed by atoms with Crippen molar-refractivity contribution < 1.29 is 9.53 Å². The van der Waals surface area contributed by atoms with Gasteiger partial charge in [-0.3, -0.25) is 4.79 Å². The summed E-state index contributed by atoms with van der Waals surface area (Å²) in [5.41, 5.74) is 2.15. The number of nitrogens with one attached hydrogen (secondary N) is 2. The first-order valence-electron chi connectivity index (χ1n) is 7.70. The van der Waals surface area contributed by atoms with Crippen LogP contribution in [0.2, 0.25) is 0 Å². The van der Waals surface area contributed by atoms with Crippen LogP contribution in [0.4, 0.5) is 5.69 Å². The largest absolute Gasteiger partial charge is 0.491 e. The Balaban J connectivity index is 1.97. The lowest BCUT2D eigenvalue weighted by molar-refractivity contribution is -0.110. The number of amides is 1. The fourth-order valence-electron chi connectivity index (χ4n) is 2.41. The predicted octanol–water partition coefficient (Wildman–Crippen LogP) is 3.21. The topological polar surface area (TPSA) is 79.9 Å². The minimum Gasteiger partial charge on any atom is -0.491 e. The molecule has 2 aromatic rings. The van der Waals surface area contributed by atoms with Crippen molar-refractivity contribution in [2.45, 2.75) is 39.7 Å². The van der Waals surface area contributed by atoms with Crippen LogP contribution >= 0.6 is 0 Å². The number of carbonyl (C=O) groups excluding carboxylic acids is 1. The van der Waals surface area contributed by atoms with Crippen LogP contribution in [-0.4, -0.2) is 27.2 Å². The van der Waals surface area contributed by atoms with Gasteiger partial charge in [0.1, 0.15) is 11.6 Å². The highest BCUT2D eigenvalue weighted by molar-refractivity contribution is 6.34. The van der Waals surface area contributed by atoms with Gasteiger partial charge in [0.05, 0.1) is 11.7 Å². The molecule has 2 heterocycles. The summed E-state index contributed by atoms with van der Waals surface area (Å²) in [6.07, 6.45) is 1.80. The lowest BCUT2D eigenvalue weighted by Gasteiger charge is -2.10. The first kappa shape index (κ1) is 15.3. The van der Waals surface area contributed by atoms with E-state index in [1.54, 1.807) is 6.08 Å². The van der Waals surface area contributed by atoms with Crippen molar-refractivity contribution in [1.29, 1.82) is 0 Å². The summed E-state index contributed by atoms with van der Waals surface area (Å²) in [6.45, 7) is 8.00. The first-order chi connectivity index (χ1) is 10.9. The highest BCUT2D eigenvalue weighted by atomic mass is 16.5. The molecule has 0 radical (unpaired) electrons. The molecule has 2 N–H and O–H groups in total. The standard InChI is InChI=1S/C17H20N4O2/c1-9(2)16-19-15(20-21-16)8-13-12-7-11(23-10(3)4)5-6-14(12)18-17(13)22/h5-10H,1-4H3,(H,18,22)(H,19,20,21). The summed E-state index contributed by atoms with van der Waals surface area (Å²) >= 11 is 0. The number of hydrogen-bond acceptors (Lipinski definition) is 4. The Bertz CT molecular complexity index is 775. The van der Waals surface area contributed by atoms with E-state index in [0.29, 0.717) is 11.4 Å². The molecule has 23 heavy (non-hydrogen) atoms. The van der Waals surface area contributed by atoms with Crippen LogP contribution in [-0.2, 0) is 4.79 Å². The van der Waals surface area contributed by atoms with E-state index in [4.69, 9.17) is 4.74 Å². The summed E-state index contributed by atoms with van der Waals surface area (Å²) in [4.78, 5) is 15.4. The molecule has 0 fully saturated rings. The summed E-state index contributed by atoms with van der Waals surface area (Å²) in [7, 11) is 0. The van der Waals surface area contributed by atoms with Gasteiger partial charge in [0.2, 0.25) is 0 Å². The smallest absolute Gasteiger partial charge is 0.256 e. The quantitative estimate of drug-likeness (QED) is 0.850. The third kappa shape index (κ3) is 3.11. The van der Waals surface area contributed by atoms with Crippen LogP contribution in [0.1, 0.15) is 50.8 Å². The molecule has 0 spiro atoms. The molecule has 1 amide bonds. The van der Waals surface area contributed by atoms with Gasteiger partial charge < -0.3 is 15.0 Å². The number of rotatable bonds is 4. The van der Waals surface area contributed by atoms with Crippen LogP contribution in [0.5, 0.6) is 5.75 Å². The zero-order chi connectivity index (χ0) is 16.6. The zero-order valence-electron chi connectivity index (χ0n) is 13.7. The highest BCUT2D eigenvalue weighted by Crippen LogP contribution is 2.35. The van der Waals surface area contributed by atoms with Crippen molar-refractivity contribution in [3.63, 3.8) is 0 Å². The van der Waals surface area contributed by atoms with Crippen molar-refractivity contribution >= 4 is 23.2 Å². The van der Waals surface area contributed by atoms with Crippen molar-refractivity contribution in [1.82, 2.24) is 15.2 Å². The molecule has 6 nitrogen and oxygen atoms in total. The van der Waals surface area contributed by atoms with Crippen molar-refractivity contribution in [2.75, 3.05) is 5.32 Å². The number of fused-ring (bicyclic) bond motifs is 1. The maximum atomic E-state index is 12.2. The van der Waals surface area contributed by atoms with E-state index in [0.717, 1.165) is 22.8 Å². The lowest BCUT2D eigenvalue weighted by atomic mass is 10.1. The van der Waals surface area contributed by atoms with Gasteiger partial charge in [-0.05, 0) is 38.1 Å². The third-order valence-corrected chi connectivity index (χ3v) is 3.50. The van der Waals surface area contributed by atoms with E-state index in [1.165, 1.54) is 0 Å². The van der Waals surface area contributed by atoms with Gasteiger partial charge in [-0.15, -0.1) is 10.2 Å². The molecule has 0 atom stereocenters. The van der Waals surface area contributed by atoms with Crippen LogP contribution in [0, 0.1) is 0 Å². The maximum absolute atomic E-state index is 12.2. The number of hydrogen-bond donors (Lipinski definition) is 2. The Labute approximate surface area is 135 Å². The summed E-state index contributed by atoms with van der Waals surface area (Å²) in [5.74, 6) is 2.21. The molecule has 0 saturated carbocycles. The molecule has 120 valence electrons. The molecular weight excluding hydrogens is 292 g/mol. The number of H-pyrrole nitrogens is 1. The molecule has 1 aromatic carbocycles. The first-order valence-corrected chi connectivity index (χ1v) is 7.70. The number of aromatic nitrogens is 3. The minimum atomic E-state index is -0.149. The number of carbonyl (C=O) groups is 1. The number of ether oxygens (including phenoxy) is 1. The fourth-order valence-corrected chi connectivity index (χ4v) is 2.41. The minimum absolute atomic E-state index is 0.0772. The molecule has 6 heteroatoms. The second kappa shape index (κ2) is 5.87. The molecular formula is C17H20N4O2. The highest BCUT2D eigenvalue weighted by Gasteiger charge is 2.25. The SMILES string of the molecule is CC(C)Oc1ccc2c(c1)C(=Cc1nnc(C(C)C)[nH]1)C(=O)N2. The molecule has 0 unspecified atom stereocenters. The zero-order valence-corrected chi connectivity index (χ0v) is 13.7. The monoisotopic (exact) mass is 312 g/mol. The maximum Gasteiger partial charge on any atom is 0.256 e. The molecule has 0 aliphatic carbocycles. The van der Waals surface area contributed by atoms with E-state index in [2.05, 4.69) is 20.5 Å². The molecule has 0 bridgehead atoms. The van der Waals surface area contributed by atoms with E-state index in [9.17, 15) is 4.79 Å². The van der Waals surface area contributed by atoms with Gasteiger partial charge in [-0.1, -0.05) is 13.8 Å². The van der Waals surface area contributed by atoms with Crippen molar-refractivity contribution in [3.05, 3.63) is 35.4 Å². The second-order valence-corrected chi connectivity index (χ2v) is 6.14. The average Bonchev–Trinajstić information content (AvgIpc) is 3.05. The molecule has 1 aromatic heterocycles. The van der Waals surface area contributed by atoms with Crippen LogP contribution in [0.25, 0.3) is 11.6 Å². The van der Waals surface area contributed by atoms with Crippen molar-refractivity contribution in [3.8, 4) is 5.75 Å². The van der Waals surface area contributed by atoms with Gasteiger partial charge in [0.25, 0.3) is 5.91 Å². The van der Waals surface area contributed by atoms with Gasteiger partial charge in [0, 0.05) is 17.2 Å². The molecule has 1 aliphatic rings. The summed E-state index contributed by atoms with van der Waals surface area (Å²) in [6, 6.07) is 5.58. The molecule has 3 rings (SSSR count). The van der Waals surface area contributed by atoms with E-state index >= 15 is 0 Å². The van der Waals surface area contributed by atoms with Crippen LogP contribution < -0.4 is 10.1 Å². The molecule has 0 saturated heterocycles. The van der Waals surface area contributed by atoms with Gasteiger partial charge in [-0.25, -0.2) is 0 Å². The number of aromatic amines is 1. The van der Waals surface area contributed by atoms with Gasteiger partial charge in [0.15, 0.2) is 5.82 Å². The Hall–Kier alpha value is -2.63. The summed E-state index contributed by atoms with van der Waals surface area (Å²) < 4.78 is 5.71. The lowest BCUT2D eigenvalue weighted by Crippen LogP contribution is -2.05. The van der Waals surface area contributed by atoms with Crippen molar-refractivity contribution in [2.24, 2.45) is 0 Å². The molecule has 1 aliphatic heterocycles. The van der Waals surface area contributed by atoms with Gasteiger partial charge >= 0.3 is 0 Å². The average molecular weight is 312 g/mol. The van der Waals surface area contributed by atoms with E-state index in [1.807, 2.05) is 45.9 Å². The van der Waals surface area contributed by atoms with E-state index in [-0.39, 0.29) is 17.9 Å². The van der Waals surface area contributed by atoms with E-state index < -0.39 is 0 Å². The normalized spacial score (nSPS) is 15.4. The Morgan fingerprint density at radius 1 is 1.17 bits per heavy atom. The second-order valence-electron chi connectivity index (χ2n) is 6.14. The summed E-state index contributed by atoms with van der Waals surface area (Å²) in [5, 5.41) is 11.0. The Morgan fingerprint density at radius 2 is 1.96 bits per heavy atom.